The molecule has 0 amide bonds. The molecule has 1 N–H and O–H groups in total. The quantitative estimate of drug-likeness (QED) is 0.687. The highest BCUT2D eigenvalue weighted by Gasteiger charge is 2.05. The van der Waals surface area contributed by atoms with Crippen LogP contribution in [0.25, 0.3) is 0 Å². The molecule has 0 aliphatic heterocycles. The molecule has 0 spiro atoms. The van der Waals surface area contributed by atoms with E-state index in [1.165, 1.54) is 29.0 Å². The van der Waals surface area contributed by atoms with E-state index < -0.39 is 0 Å². The molecule has 2 heterocycles. The number of benzene rings is 1. The lowest BCUT2D eigenvalue weighted by Gasteiger charge is -2.00. The maximum Gasteiger partial charge on any atom is 0.210 e. The molecule has 112 valence electrons. The predicted molar refractivity (Wildman–Crippen MR) is 88.3 cm³/mol. The van der Waals surface area contributed by atoms with Crippen molar-refractivity contribution < 1.29 is 4.39 Å². The van der Waals surface area contributed by atoms with E-state index in [0.717, 1.165) is 22.2 Å². The van der Waals surface area contributed by atoms with E-state index in [1.807, 2.05) is 12.1 Å². The topological polar surface area (TPSA) is 50.7 Å². The van der Waals surface area contributed by atoms with E-state index in [-0.39, 0.29) is 5.82 Å². The van der Waals surface area contributed by atoms with Crippen molar-refractivity contribution in [2.24, 2.45) is 0 Å². The van der Waals surface area contributed by atoms with Gasteiger partial charge in [-0.15, -0.1) is 10.2 Å². The number of halogens is 1. The number of pyridine rings is 1. The highest BCUT2D eigenvalue weighted by Crippen LogP contribution is 2.28. The van der Waals surface area contributed by atoms with Crippen LogP contribution >= 0.6 is 23.1 Å². The first-order valence-electron chi connectivity index (χ1n) is 6.67. The first kappa shape index (κ1) is 14.9. The smallest absolute Gasteiger partial charge is 0.210 e. The summed E-state index contributed by atoms with van der Waals surface area (Å²) in [5.41, 5.74) is 2.06. The Labute approximate surface area is 135 Å². The fraction of sp³-hybridized carbons (Fsp3) is 0.133. The van der Waals surface area contributed by atoms with Crippen LogP contribution < -0.4 is 5.32 Å². The molecule has 22 heavy (non-hydrogen) atoms. The van der Waals surface area contributed by atoms with Crippen LogP contribution in [0.5, 0.6) is 0 Å². The molecule has 4 nitrogen and oxygen atoms in total. The van der Waals surface area contributed by atoms with Crippen molar-refractivity contribution in [3.63, 3.8) is 0 Å². The van der Waals surface area contributed by atoms with Crippen molar-refractivity contribution in [3.05, 3.63) is 60.2 Å². The third-order valence-electron chi connectivity index (χ3n) is 2.87. The zero-order valence-corrected chi connectivity index (χ0v) is 13.2. The number of nitrogens with one attached hydrogen (secondary N) is 1. The molecule has 2 aromatic heterocycles. The van der Waals surface area contributed by atoms with Crippen molar-refractivity contribution in [2.45, 2.75) is 10.8 Å². The lowest BCUT2D eigenvalue weighted by molar-refractivity contribution is 0.628. The SMILES string of the molecule is Fc1ccc(Nc2nnc(SCCc3ccncc3)s2)cc1. The second kappa shape index (κ2) is 7.33. The number of thioether (sulfide) groups is 1. The van der Waals surface area contributed by atoms with E-state index in [2.05, 4.69) is 20.5 Å². The second-order valence-electron chi connectivity index (χ2n) is 4.46. The number of hydrogen-bond acceptors (Lipinski definition) is 6. The zero-order valence-electron chi connectivity index (χ0n) is 11.6. The van der Waals surface area contributed by atoms with Gasteiger partial charge in [-0.3, -0.25) is 4.98 Å². The van der Waals surface area contributed by atoms with Gasteiger partial charge in [0.15, 0.2) is 4.34 Å². The number of anilines is 2. The van der Waals surface area contributed by atoms with Crippen LogP contribution in [0.1, 0.15) is 5.56 Å². The Morgan fingerprint density at radius 3 is 2.59 bits per heavy atom. The fourth-order valence-corrected chi connectivity index (χ4v) is 3.61. The lowest BCUT2D eigenvalue weighted by Crippen LogP contribution is -1.89. The van der Waals surface area contributed by atoms with E-state index in [0.29, 0.717) is 5.13 Å². The van der Waals surface area contributed by atoms with Crippen molar-refractivity contribution >= 4 is 33.9 Å². The van der Waals surface area contributed by atoms with Gasteiger partial charge in [-0.05, 0) is 48.4 Å². The van der Waals surface area contributed by atoms with Gasteiger partial charge in [0.25, 0.3) is 0 Å². The van der Waals surface area contributed by atoms with E-state index in [4.69, 9.17) is 0 Å². The number of aromatic nitrogens is 3. The van der Waals surface area contributed by atoms with E-state index in [9.17, 15) is 4.39 Å². The maximum absolute atomic E-state index is 12.8. The van der Waals surface area contributed by atoms with Crippen LogP contribution in [-0.4, -0.2) is 20.9 Å². The molecule has 0 atom stereocenters. The second-order valence-corrected chi connectivity index (χ2v) is 6.78. The summed E-state index contributed by atoms with van der Waals surface area (Å²) in [6.07, 6.45) is 4.57. The van der Waals surface area contributed by atoms with Crippen molar-refractivity contribution in [2.75, 3.05) is 11.1 Å². The average Bonchev–Trinajstić information content (AvgIpc) is 2.98. The van der Waals surface area contributed by atoms with Crippen molar-refractivity contribution in [1.82, 2.24) is 15.2 Å². The minimum atomic E-state index is -0.254. The van der Waals surface area contributed by atoms with Crippen LogP contribution in [0.2, 0.25) is 0 Å². The predicted octanol–water partition coefficient (Wildman–Crippen LogP) is 4.15. The largest absolute Gasteiger partial charge is 0.330 e. The molecular weight excluding hydrogens is 319 g/mol. The van der Waals surface area contributed by atoms with Gasteiger partial charge in [0.1, 0.15) is 5.82 Å². The third kappa shape index (κ3) is 4.25. The molecule has 3 aromatic rings. The Bertz CT molecular complexity index is 716. The molecule has 0 unspecified atom stereocenters. The van der Waals surface area contributed by atoms with Gasteiger partial charge in [-0.1, -0.05) is 23.1 Å². The molecule has 0 aliphatic carbocycles. The van der Waals surface area contributed by atoms with Gasteiger partial charge >= 0.3 is 0 Å². The Balaban J connectivity index is 1.51. The molecule has 0 bridgehead atoms. The van der Waals surface area contributed by atoms with Crippen LogP contribution in [0.3, 0.4) is 0 Å². The minimum Gasteiger partial charge on any atom is -0.330 e. The Kier molecular flexibility index (Phi) is 4.97. The average molecular weight is 332 g/mol. The van der Waals surface area contributed by atoms with Crippen LogP contribution in [0, 0.1) is 5.82 Å². The maximum atomic E-state index is 12.8. The summed E-state index contributed by atoms with van der Waals surface area (Å²) in [4.78, 5) is 4.00. The molecule has 3 rings (SSSR count). The van der Waals surface area contributed by atoms with Crippen LogP contribution in [0.4, 0.5) is 15.2 Å². The lowest BCUT2D eigenvalue weighted by atomic mass is 10.2. The van der Waals surface area contributed by atoms with Crippen LogP contribution in [0.15, 0.2) is 53.1 Å². The summed E-state index contributed by atoms with van der Waals surface area (Å²) in [5.74, 6) is 0.685. The molecule has 1 aromatic carbocycles. The summed E-state index contributed by atoms with van der Waals surface area (Å²) >= 11 is 3.16. The van der Waals surface area contributed by atoms with Gasteiger partial charge in [-0.2, -0.15) is 0 Å². The molecule has 0 fully saturated rings. The Morgan fingerprint density at radius 1 is 1.05 bits per heavy atom. The van der Waals surface area contributed by atoms with Gasteiger partial charge in [0, 0.05) is 23.8 Å². The van der Waals surface area contributed by atoms with Crippen LogP contribution in [-0.2, 0) is 6.42 Å². The first-order chi connectivity index (χ1) is 10.8. The summed E-state index contributed by atoms with van der Waals surface area (Å²) in [7, 11) is 0. The molecule has 7 heteroatoms. The van der Waals surface area contributed by atoms with Gasteiger partial charge in [0.2, 0.25) is 5.13 Å². The number of hydrogen-bond donors (Lipinski definition) is 1. The van der Waals surface area contributed by atoms with Crippen molar-refractivity contribution in [1.29, 1.82) is 0 Å². The summed E-state index contributed by atoms with van der Waals surface area (Å²) < 4.78 is 13.8. The van der Waals surface area contributed by atoms with E-state index >= 15 is 0 Å². The van der Waals surface area contributed by atoms with E-state index in [1.54, 1.807) is 36.3 Å². The molecule has 0 saturated heterocycles. The van der Waals surface area contributed by atoms with Gasteiger partial charge < -0.3 is 5.32 Å². The molecule has 0 radical (unpaired) electrons. The Morgan fingerprint density at radius 2 is 1.82 bits per heavy atom. The minimum absolute atomic E-state index is 0.254. The molecule has 0 aliphatic rings. The highest BCUT2D eigenvalue weighted by molar-refractivity contribution is 8.01. The molecular formula is C15H13FN4S2. The summed E-state index contributed by atoms with van der Waals surface area (Å²) in [6, 6.07) is 10.2. The molecule has 0 saturated carbocycles. The first-order valence-corrected chi connectivity index (χ1v) is 8.47. The highest BCUT2D eigenvalue weighted by atomic mass is 32.2. The zero-order chi connectivity index (χ0) is 15.2. The number of nitrogens with zero attached hydrogens (tertiary/aromatic N) is 3. The standard InChI is InChI=1S/C15H13FN4S2/c16-12-1-3-13(4-2-12)18-14-19-20-15(22-14)21-10-7-11-5-8-17-9-6-11/h1-6,8-9H,7,10H2,(H,18,19). The monoisotopic (exact) mass is 332 g/mol. The Hall–Kier alpha value is -1.99. The third-order valence-corrected chi connectivity index (χ3v) is 4.84. The number of rotatable bonds is 6. The van der Waals surface area contributed by atoms with Gasteiger partial charge in [0.05, 0.1) is 0 Å². The normalized spacial score (nSPS) is 10.6. The van der Waals surface area contributed by atoms with Crippen molar-refractivity contribution in [3.8, 4) is 0 Å². The fourth-order valence-electron chi connectivity index (χ4n) is 1.78. The van der Waals surface area contributed by atoms with Gasteiger partial charge in [-0.25, -0.2) is 4.39 Å². The number of aryl methyl sites for hydroxylation is 1. The summed E-state index contributed by atoms with van der Waals surface area (Å²) in [6.45, 7) is 0. The summed E-state index contributed by atoms with van der Waals surface area (Å²) in [5, 5.41) is 12.1.